The van der Waals surface area contributed by atoms with Gasteiger partial charge in [0.15, 0.2) is 0 Å². The molecule has 2 rings (SSSR count). The second-order valence-corrected chi connectivity index (χ2v) is 6.73. The molecule has 8 heteroatoms. The van der Waals surface area contributed by atoms with Gasteiger partial charge in [0.2, 0.25) is 11.7 Å². The SMILES string of the molecule is Cc1ccccc1-c1noc(CCNS(=O)(=O)N(C)C)n1. The third-order valence-electron chi connectivity index (χ3n) is 2.96. The van der Waals surface area contributed by atoms with E-state index in [1.165, 1.54) is 14.1 Å². The molecule has 7 nitrogen and oxygen atoms in total. The molecule has 21 heavy (non-hydrogen) atoms. The van der Waals surface area contributed by atoms with Gasteiger partial charge in [0.1, 0.15) is 0 Å². The molecule has 0 radical (unpaired) electrons. The van der Waals surface area contributed by atoms with Crippen LogP contribution in [-0.4, -0.2) is 43.5 Å². The van der Waals surface area contributed by atoms with Crippen molar-refractivity contribution in [2.24, 2.45) is 0 Å². The number of aryl methyl sites for hydroxylation is 1. The molecule has 0 saturated heterocycles. The predicted octanol–water partition coefficient (Wildman–Crippen LogP) is 0.984. The standard InChI is InChI=1S/C13H18N4O3S/c1-10-6-4-5-7-11(10)13-15-12(20-16-13)8-9-14-21(18,19)17(2)3/h4-7,14H,8-9H2,1-3H3. The molecule has 114 valence electrons. The lowest BCUT2D eigenvalue weighted by Gasteiger charge is -2.11. The van der Waals surface area contributed by atoms with Crippen LogP contribution in [0.3, 0.4) is 0 Å². The van der Waals surface area contributed by atoms with Crippen LogP contribution >= 0.6 is 0 Å². The fraction of sp³-hybridized carbons (Fsp3) is 0.385. The van der Waals surface area contributed by atoms with Gasteiger partial charge in [0.25, 0.3) is 10.2 Å². The first-order valence-electron chi connectivity index (χ1n) is 6.46. The summed E-state index contributed by atoms with van der Waals surface area (Å²) in [6.07, 6.45) is 0.339. The van der Waals surface area contributed by atoms with Crippen molar-refractivity contribution in [1.29, 1.82) is 0 Å². The Hall–Kier alpha value is -1.77. The van der Waals surface area contributed by atoms with Crippen molar-refractivity contribution in [2.45, 2.75) is 13.3 Å². The van der Waals surface area contributed by atoms with Crippen LogP contribution in [0.4, 0.5) is 0 Å². The summed E-state index contributed by atoms with van der Waals surface area (Å²) in [5, 5.41) is 3.92. The fourth-order valence-corrected chi connectivity index (χ4v) is 2.32. The van der Waals surface area contributed by atoms with Crippen molar-refractivity contribution in [1.82, 2.24) is 19.2 Å². The van der Waals surface area contributed by atoms with Crippen LogP contribution in [0, 0.1) is 6.92 Å². The molecule has 1 aromatic carbocycles. The lowest BCUT2D eigenvalue weighted by atomic mass is 10.1. The van der Waals surface area contributed by atoms with Crippen LogP contribution in [0.5, 0.6) is 0 Å². The summed E-state index contributed by atoms with van der Waals surface area (Å²) < 4.78 is 31.8. The number of hydrogen-bond acceptors (Lipinski definition) is 5. The molecule has 2 aromatic rings. The van der Waals surface area contributed by atoms with Crippen molar-refractivity contribution >= 4 is 10.2 Å². The Labute approximate surface area is 124 Å². The summed E-state index contributed by atoms with van der Waals surface area (Å²) in [6.45, 7) is 2.17. The molecule has 0 spiro atoms. The van der Waals surface area contributed by atoms with Gasteiger partial charge in [-0.25, -0.2) is 4.72 Å². The zero-order valence-corrected chi connectivity index (χ0v) is 13.0. The van der Waals surface area contributed by atoms with Gasteiger partial charge >= 0.3 is 0 Å². The Morgan fingerprint density at radius 3 is 2.67 bits per heavy atom. The second-order valence-electron chi connectivity index (χ2n) is 4.76. The first-order chi connectivity index (χ1) is 9.90. The number of rotatable bonds is 6. The molecule has 0 bridgehead atoms. The van der Waals surface area contributed by atoms with Crippen LogP contribution in [0.2, 0.25) is 0 Å². The number of nitrogens with one attached hydrogen (secondary N) is 1. The molecule has 0 atom stereocenters. The molecular weight excluding hydrogens is 292 g/mol. The predicted molar refractivity (Wildman–Crippen MR) is 78.8 cm³/mol. The average Bonchev–Trinajstić information content (AvgIpc) is 2.87. The molecule has 0 fully saturated rings. The summed E-state index contributed by atoms with van der Waals surface area (Å²) >= 11 is 0. The summed E-state index contributed by atoms with van der Waals surface area (Å²) in [4.78, 5) is 4.28. The monoisotopic (exact) mass is 310 g/mol. The van der Waals surface area contributed by atoms with Crippen LogP contribution < -0.4 is 4.72 Å². The largest absolute Gasteiger partial charge is 0.339 e. The van der Waals surface area contributed by atoms with Gasteiger partial charge in [0.05, 0.1) is 0 Å². The van der Waals surface area contributed by atoms with E-state index in [2.05, 4.69) is 14.9 Å². The highest BCUT2D eigenvalue weighted by molar-refractivity contribution is 7.87. The molecule has 1 aromatic heterocycles. The molecule has 1 heterocycles. The van der Waals surface area contributed by atoms with Gasteiger partial charge in [-0.15, -0.1) is 0 Å². The fourth-order valence-electron chi connectivity index (χ4n) is 1.71. The molecule has 0 aliphatic rings. The Morgan fingerprint density at radius 2 is 2.00 bits per heavy atom. The molecule has 0 aliphatic heterocycles. The van der Waals surface area contributed by atoms with Gasteiger partial charge < -0.3 is 4.52 Å². The van der Waals surface area contributed by atoms with Crippen molar-refractivity contribution < 1.29 is 12.9 Å². The number of aromatic nitrogens is 2. The van der Waals surface area contributed by atoms with Gasteiger partial charge in [-0.2, -0.15) is 17.7 Å². The lowest BCUT2D eigenvalue weighted by molar-refractivity contribution is 0.378. The Morgan fingerprint density at radius 1 is 1.29 bits per heavy atom. The summed E-state index contributed by atoms with van der Waals surface area (Å²) in [7, 11) is -0.500. The minimum Gasteiger partial charge on any atom is -0.339 e. The maximum Gasteiger partial charge on any atom is 0.278 e. The molecule has 0 unspecified atom stereocenters. The van der Waals surface area contributed by atoms with E-state index in [0.717, 1.165) is 15.4 Å². The van der Waals surface area contributed by atoms with Gasteiger partial charge in [-0.05, 0) is 12.5 Å². The van der Waals surface area contributed by atoms with E-state index in [-0.39, 0.29) is 6.54 Å². The van der Waals surface area contributed by atoms with Gasteiger partial charge in [-0.3, -0.25) is 0 Å². The number of hydrogen-bond donors (Lipinski definition) is 1. The maximum absolute atomic E-state index is 11.5. The Balaban J connectivity index is 2.00. The average molecular weight is 310 g/mol. The molecule has 0 aliphatic carbocycles. The zero-order chi connectivity index (χ0) is 15.5. The Bertz CT molecular complexity index is 710. The normalized spacial score (nSPS) is 12.0. The first kappa shape index (κ1) is 15.6. The highest BCUT2D eigenvalue weighted by atomic mass is 32.2. The Kier molecular flexibility index (Phi) is 4.71. The van der Waals surface area contributed by atoms with Gasteiger partial charge in [-0.1, -0.05) is 29.4 Å². The van der Waals surface area contributed by atoms with Gasteiger partial charge in [0, 0.05) is 32.6 Å². The van der Waals surface area contributed by atoms with Crippen LogP contribution in [-0.2, 0) is 16.6 Å². The molecule has 0 saturated carbocycles. The third kappa shape index (κ3) is 3.87. The third-order valence-corrected chi connectivity index (χ3v) is 4.49. The first-order valence-corrected chi connectivity index (χ1v) is 7.90. The van der Waals surface area contributed by atoms with E-state index < -0.39 is 10.2 Å². The molecule has 0 amide bonds. The molecular formula is C13H18N4O3S. The molecule has 1 N–H and O–H groups in total. The zero-order valence-electron chi connectivity index (χ0n) is 12.2. The lowest BCUT2D eigenvalue weighted by Crippen LogP contribution is -2.36. The summed E-state index contributed by atoms with van der Waals surface area (Å²) in [6, 6.07) is 7.73. The van der Waals surface area contributed by atoms with Crippen LogP contribution in [0.1, 0.15) is 11.5 Å². The summed E-state index contributed by atoms with van der Waals surface area (Å²) in [5.41, 5.74) is 1.96. The van der Waals surface area contributed by atoms with Crippen molar-refractivity contribution in [3.63, 3.8) is 0 Å². The van der Waals surface area contributed by atoms with Crippen molar-refractivity contribution in [2.75, 3.05) is 20.6 Å². The van der Waals surface area contributed by atoms with E-state index in [0.29, 0.717) is 18.1 Å². The van der Waals surface area contributed by atoms with Crippen molar-refractivity contribution in [3.05, 3.63) is 35.7 Å². The maximum atomic E-state index is 11.5. The van der Waals surface area contributed by atoms with Crippen LogP contribution in [0.25, 0.3) is 11.4 Å². The van der Waals surface area contributed by atoms with E-state index in [1.54, 1.807) is 0 Å². The van der Waals surface area contributed by atoms with E-state index >= 15 is 0 Å². The van der Waals surface area contributed by atoms with E-state index in [4.69, 9.17) is 4.52 Å². The van der Waals surface area contributed by atoms with E-state index in [9.17, 15) is 8.42 Å². The highest BCUT2D eigenvalue weighted by Crippen LogP contribution is 2.19. The highest BCUT2D eigenvalue weighted by Gasteiger charge is 2.14. The topological polar surface area (TPSA) is 88.3 Å². The quantitative estimate of drug-likeness (QED) is 0.859. The second kappa shape index (κ2) is 6.33. The van der Waals surface area contributed by atoms with E-state index in [1.807, 2.05) is 31.2 Å². The number of nitrogens with zero attached hydrogens (tertiary/aromatic N) is 3. The number of benzene rings is 1. The van der Waals surface area contributed by atoms with Crippen LogP contribution in [0.15, 0.2) is 28.8 Å². The smallest absolute Gasteiger partial charge is 0.278 e. The van der Waals surface area contributed by atoms with Crippen molar-refractivity contribution in [3.8, 4) is 11.4 Å². The minimum absolute atomic E-state index is 0.204. The summed E-state index contributed by atoms with van der Waals surface area (Å²) in [5.74, 6) is 0.910. The minimum atomic E-state index is -3.43.